The second kappa shape index (κ2) is 4.38. The number of aldehydes is 1. The average molecular weight is 198 g/mol. The van der Waals surface area contributed by atoms with Gasteiger partial charge in [0.15, 0.2) is 5.75 Å². The number of carbonyl (C=O) groups excluding carboxylic acids is 1. The molecule has 13 heavy (non-hydrogen) atoms. The number of hydrogen-bond donors (Lipinski definition) is 0. The number of nitrogens with zero attached hydrogens (tertiary/aromatic N) is 3. The fourth-order valence-electron chi connectivity index (χ4n) is 0.585. The summed E-state index contributed by atoms with van der Waals surface area (Å²) in [5.41, 5.74) is 0. The van der Waals surface area contributed by atoms with Crippen molar-refractivity contribution in [2.45, 2.75) is 6.23 Å². The molecule has 0 N–H and O–H groups in total. The number of ether oxygens (including phenoxy) is 1. The molecule has 6 heteroatoms. The zero-order valence-corrected chi connectivity index (χ0v) is 7.10. The molecule has 1 aromatic heterocycles. The van der Waals surface area contributed by atoms with E-state index in [1.165, 1.54) is 12.4 Å². The van der Waals surface area contributed by atoms with Gasteiger partial charge in [-0.1, -0.05) is 0 Å². The SMILES string of the molecule is [C-]#[N+]C(C=O)Oc1cnc(Cl)nc1. The van der Waals surface area contributed by atoms with Crippen LogP contribution < -0.4 is 4.74 Å². The van der Waals surface area contributed by atoms with Crippen molar-refractivity contribution in [1.29, 1.82) is 0 Å². The second-order valence-electron chi connectivity index (χ2n) is 1.96. The lowest BCUT2D eigenvalue weighted by Gasteiger charge is -2.01. The molecule has 1 rings (SSSR count). The van der Waals surface area contributed by atoms with Crippen LogP contribution in [0.2, 0.25) is 5.28 Å². The molecule has 0 aliphatic heterocycles. The molecule has 0 radical (unpaired) electrons. The molecule has 0 aromatic carbocycles. The van der Waals surface area contributed by atoms with E-state index in [0.717, 1.165) is 0 Å². The van der Waals surface area contributed by atoms with Crippen molar-refractivity contribution in [3.8, 4) is 5.75 Å². The fourth-order valence-corrected chi connectivity index (χ4v) is 0.683. The monoisotopic (exact) mass is 197 g/mol. The minimum absolute atomic E-state index is 0.0813. The van der Waals surface area contributed by atoms with E-state index >= 15 is 0 Å². The Balaban J connectivity index is 2.70. The predicted molar refractivity (Wildman–Crippen MR) is 44.1 cm³/mol. The molecule has 66 valence electrons. The Labute approximate surface area is 79.1 Å². The Morgan fingerprint density at radius 1 is 1.62 bits per heavy atom. The smallest absolute Gasteiger partial charge is 0.415 e. The van der Waals surface area contributed by atoms with Crippen LogP contribution >= 0.6 is 11.6 Å². The van der Waals surface area contributed by atoms with E-state index in [4.69, 9.17) is 22.9 Å². The quantitative estimate of drug-likeness (QED) is 0.411. The summed E-state index contributed by atoms with van der Waals surface area (Å²) in [7, 11) is 0. The first-order valence-corrected chi connectivity index (χ1v) is 3.60. The summed E-state index contributed by atoms with van der Waals surface area (Å²) in [6.07, 6.45) is 1.82. The molecular formula is C7H4ClN3O2. The first-order chi connectivity index (χ1) is 6.26. The van der Waals surface area contributed by atoms with Crippen molar-refractivity contribution in [3.05, 3.63) is 29.1 Å². The number of rotatable bonds is 3. The summed E-state index contributed by atoms with van der Waals surface area (Å²) in [6.45, 7) is 6.55. The Morgan fingerprint density at radius 3 is 2.69 bits per heavy atom. The van der Waals surface area contributed by atoms with Gasteiger partial charge in [0, 0.05) is 0 Å². The summed E-state index contributed by atoms with van der Waals surface area (Å²) in [5.74, 6) is 0.234. The summed E-state index contributed by atoms with van der Waals surface area (Å²) in [4.78, 5) is 20.3. The number of halogens is 1. The molecule has 0 saturated heterocycles. The van der Waals surface area contributed by atoms with Crippen LogP contribution in [0.1, 0.15) is 0 Å². The van der Waals surface area contributed by atoms with Gasteiger partial charge in [0.2, 0.25) is 11.6 Å². The highest BCUT2D eigenvalue weighted by Gasteiger charge is 2.11. The molecule has 0 bridgehead atoms. The van der Waals surface area contributed by atoms with Crippen LogP contribution in [-0.2, 0) is 4.79 Å². The van der Waals surface area contributed by atoms with Crippen LogP contribution in [-0.4, -0.2) is 22.5 Å². The highest BCUT2D eigenvalue weighted by atomic mass is 35.5. The first-order valence-electron chi connectivity index (χ1n) is 3.22. The Kier molecular flexibility index (Phi) is 3.17. The maximum atomic E-state index is 10.2. The average Bonchev–Trinajstić information content (AvgIpc) is 2.17. The zero-order valence-electron chi connectivity index (χ0n) is 6.35. The molecule has 0 fully saturated rings. The molecule has 0 aliphatic rings. The molecular weight excluding hydrogens is 194 g/mol. The van der Waals surface area contributed by atoms with Crippen LogP contribution in [0, 0.1) is 6.57 Å². The number of aromatic nitrogens is 2. The van der Waals surface area contributed by atoms with E-state index in [9.17, 15) is 4.79 Å². The van der Waals surface area contributed by atoms with E-state index in [1.54, 1.807) is 0 Å². The molecule has 1 heterocycles. The van der Waals surface area contributed by atoms with Crippen molar-refractivity contribution in [2.75, 3.05) is 0 Å². The van der Waals surface area contributed by atoms with Crippen molar-refractivity contribution >= 4 is 17.9 Å². The number of hydrogen-bond acceptors (Lipinski definition) is 4. The second-order valence-corrected chi connectivity index (χ2v) is 2.30. The van der Waals surface area contributed by atoms with Crippen LogP contribution in [0.4, 0.5) is 0 Å². The van der Waals surface area contributed by atoms with Gasteiger partial charge in [0.25, 0.3) is 0 Å². The Hall–Kier alpha value is -1.67. The standard InChI is InChI=1S/C7H4ClN3O2/c1-9-6(4-12)13-5-2-10-7(8)11-3-5/h2-4,6H. The summed E-state index contributed by atoms with van der Waals surface area (Å²) < 4.78 is 4.86. The molecule has 0 saturated carbocycles. The number of carbonyl (C=O) groups is 1. The molecule has 0 aliphatic carbocycles. The van der Waals surface area contributed by atoms with Gasteiger partial charge in [-0.2, -0.15) is 0 Å². The molecule has 1 unspecified atom stereocenters. The van der Waals surface area contributed by atoms with Crippen LogP contribution in [0.3, 0.4) is 0 Å². The van der Waals surface area contributed by atoms with Crippen molar-refractivity contribution in [3.63, 3.8) is 0 Å². The minimum Gasteiger partial charge on any atom is -0.415 e. The molecule has 5 nitrogen and oxygen atoms in total. The highest BCUT2D eigenvalue weighted by molar-refractivity contribution is 6.28. The molecule has 1 atom stereocenters. The van der Waals surface area contributed by atoms with Crippen LogP contribution in [0.5, 0.6) is 5.75 Å². The van der Waals surface area contributed by atoms with E-state index in [2.05, 4.69) is 14.8 Å². The first kappa shape index (κ1) is 9.42. The van der Waals surface area contributed by atoms with Crippen LogP contribution in [0.25, 0.3) is 4.85 Å². The van der Waals surface area contributed by atoms with Gasteiger partial charge < -0.3 is 4.74 Å². The van der Waals surface area contributed by atoms with Gasteiger partial charge in [0.1, 0.15) is 0 Å². The van der Waals surface area contributed by atoms with Crippen molar-refractivity contribution in [2.24, 2.45) is 0 Å². The van der Waals surface area contributed by atoms with E-state index in [0.29, 0.717) is 6.29 Å². The largest absolute Gasteiger partial charge is 0.423 e. The van der Waals surface area contributed by atoms with Crippen molar-refractivity contribution in [1.82, 2.24) is 9.97 Å². The van der Waals surface area contributed by atoms with Crippen LogP contribution in [0.15, 0.2) is 12.4 Å². The van der Waals surface area contributed by atoms with Crippen molar-refractivity contribution < 1.29 is 9.53 Å². The fraction of sp³-hybridized carbons (Fsp3) is 0.143. The minimum atomic E-state index is -1.15. The lowest BCUT2D eigenvalue weighted by molar-refractivity contribution is -0.112. The lowest BCUT2D eigenvalue weighted by Crippen LogP contribution is -2.12. The lowest BCUT2D eigenvalue weighted by atomic mass is 10.6. The summed E-state index contributed by atoms with van der Waals surface area (Å²) in [6, 6.07) is 0. The topological polar surface area (TPSA) is 56.4 Å². The van der Waals surface area contributed by atoms with Gasteiger partial charge in [-0.15, -0.1) is 0 Å². The van der Waals surface area contributed by atoms with Gasteiger partial charge >= 0.3 is 6.23 Å². The highest BCUT2D eigenvalue weighted by Crippen LogP contribution is 2.10. The summed E-state index contributed by atoms with van der Waals surface area (Å²) in [5, 5.41) is 0.0813. The normalized spacial score (nSPS) is 11.4. The third-order valence-electron chi connectivity index (χ3n) is 1.10. The molecule has 0 amide bonds. The maximum Gasteiger partial charge on any atom is 0.423 e. The van der Waals surface area contributed by atoms with Gasteiger partial charge in [-0.3, -0.25) is 9.64 Å². The Morgan fingerprint density at radius 2 is 2.23 bits per heavy atom. The summed E-state index contributed by atoms with van der Waals surface area (Å²) >= 11 is 5.41. The third kappa shape index (κ3) is 2.69. The van der Waals surface area contributed by atoms with E-state index < -0.39 is 6.23 Å². The van der Waals surface area contributed by atoms with Gasteiger partial charge in [0.05, 0.1) is 12.4 Å². The zero-order chi connectivity index (χ0) is 9.68. The molecule has 1 aromatic rings. The predicted octanol–water partition coefficient (Wildman–Crippen LogP) is 0.953. The van der Waals surface area contributed by atoms with Gasteiger partial charge in [-0.25, -0.2) is 16.5 Å². The third-order valence-corrected chi connectivity index (χ3v) is 1.29. The Bertz CT molecular complexity index is 333. The van der Waals surface area contributed by atoms with E-state index in [1.807, 2.05) is 0 Å². The van der Waals surface area contributed by atoms with E-state index in [-0.39, 0.29) is 11.0 Å². The maximum absolute atomic E-state index is 10.2. The molecule has 0 spiro atoms. The van der Waals surface area contributed by atoms with Gasteiger partial charge in [-0.05, 0) is 11.6 Å².